The minimum atomic E-state index is -4.50. The van der Waals surface area contributed by atoms with Gasteiger partial charge in [-0.15, -0.1) is 23.7 Å². The Morgan fingerprint density at radius 3 is 2.54 bits per heavy atom. The van der Waals surface area contributed by atoms with Crippen LogP contribution >= 0.6 is 23.7 Å². The average molecular weight is 406 g/mol. The number of nitrogens with zero attached hydrogens (tertiary/aromatic N) is 1. The van der Waals surface area contributed by atoms with Crippen LogP contribution in [0.25, 0.3) is 0 Å². The Kier molecular flexibility index (Phi) is 7.02. The monoisotopic (exact) mass is 405 g/mol. The molecule has 26 heavy (non-hydrogen) atoms. The summed E-state index contributed by atoms with van der Waals surface area (Å²) in [7, 11) is 0. The van der Waals surface area contributed by atoms with E-state index in [2.05, 4.69) is 15.6 Å². The van der Waals surface area contributed by atoms with E-state index in [9.17, 15) is 18.0 Å². The molecule has 1 unspecified atom stereocenters. The Labute approximate surface area is 159 Å². The summed E-state index contributed by atoms with van der Waals surface area (Å²) in [6.07, 6.45) is -2.20. The van der Waals surface area contributed by atoms with Crippen molar-refractivity contribution in [2.45, 2.75) is 25.4 Å². The number of benzene rings is 1. The van der Waals surface area contributed by atoms with E-state index in [0.717, 1.165) is 41.8 Å². The van der Waals surface area contributed by atoms with Gasteiger partial charge in [0.1, 0.15) is 0 Å². The Balaban J connectivity index is 0.00000243. The molecule has 3 rings (SSSR count). The van der Waals surface area contributed by atoms with Gasteiger partial charge >= 0.3 is 6.18 Å². The molecule has 1 aliphatic rings. The molecule has 0 radical (unpaired) electrons. The quantitative estimate of drug-likeness (QED) is 0.792. The molecule has 0 bridgehead atoms. The highest BCUT2D eigenvalue weighted by Gasteiger charge is 2.33. The van der Waals surface area contributed by atoms with Crippen LogP contribution < -0.4 is 10.6 Å². The number of hydrogen-bond acceptors (Lipinski definition) is 4. The maximum absolute atomic E-state index is 12.5. The molecule has 0 saturated carbocycles. The molecule has 2 aromatic rings. The summed E-state index contributed by atoms with van der Waals surface area (Å²) in [5.41, 5.74) is 1.06. The fraction of sp³-hybridized carbons (Fsp3) is 0.412. The third kappa shape index (κ3) is 5.69. The number of amides is 1. The number of anilines is 1. The number of carbonyl (C=O) groups excluding carboxylic acids is 1. The van der Waals surface area contributed by atoms with Gasteiger partial charge in [0.25, 0.3) is 0 Å². The second-order valence-corrected chi connectivity index (χ2v) is 7.00. The topological polar surface area (TPSA) is 54.0 Å². The maximum Gasteiger partial charge on any atom is 0.434 e. The standard InChI is InChI=1S/C17H18F3N3OS.ClH/c18-17(19,20)14-10-25-16(22-14)23-15(24)8-12-3-1-11(2-4-12)7-13-5-6-21-9-13;/h1-4,10,13,21H,5-9H2,(H,22,23,24);1H. The van der Waals surface area contributed by atoms with Gasteiger partial charge in [-0.05, 0) is 43.0 Å². The molecule has 1 aromatic heterocycles. The highest BCUT2D eigenvalue weighted by atomic mass is 35.5. The predicted octanol–water partition coefficient (Wildman–Crippen LogP) is 3.92. The Bertz CT molecular complexity index is 728. The van der Waals surface area contributed by atoms with Crippen molar-refractivity contribution in [3.63, 3.8) is 0 Å². The second-order valence-electron chi connectivity index (χ2n) is 6.14. The van der Waals surface area contributed by atoms with Crippen molar-refractivity contribution >= 4 is 34.8 Å². The molecule has 0 aliphatic carbocycles. The van der Waals surface area contributed by atoms with Crippen molar-refractivity contribution in [1.29, 1.82) is 0 Å². The summed E-state index contributed by atoms with van der Waals surface area (Å²) >= 11 is 0.766. The molecule has 142 valence electrons. The first-order chi connectivity index (χ1) is 11.9. The third-order valence-corrected chi connectivity index (χ3v) is 4.87. The molecular formula is C17H19ClF3N3OS. The Hall–Kier alpha value is -1.64. The van der Waals surface area contributed by atoms with E-state index in [1.165, 1.54) is 12.0 Å². The largest absolute Gasteiger partial charge is 0.434 e. The molecule has 9 heteroatoms. The van der Waals surface area contributed by atoms with E-state index >= 15 is 0 Å². The highest BCUT2D eigenvalue weighted by Crippen LogP contribution is 2.31. The lowest BCUT2D eigenvalue weighted by Crippen LogP contribution is -2.15. The summed E-state index contributed by atoms with van der Waals surface area (Å²) in [5.74, 6) is 0.276. The molecule has 1 saturated heterocycles. The first kappa shape index (κ1) is 20.7. The van der Waals surface area contributed by atoms with Crippen molar-refractivity contribution in [3.05, 3.63) is 46.5 Å². The zero-order valence-corrected chi connectivity index (χ0v) is 15.4. The van der Waals surface area contributed by atoms with Gasteiger partial charge in [0, 0.05) is 5.38 Å². The van der Waals surface area contributed by atoms with Crippen LogP contribution in [0.3, 0.4) is 0 Å². The van der Waals surface area contributed by atoms with E-state index < -0.39 is 11.9 Å². The second kappa shape index (κ2) is 8.83. The van der Waals surface area contributed by atoms with E-state index in [1.54, 1.807) is 0 Å². The molecule has 1 aromatic carbocycles. The van der Waals surface area contributed by atoms with Crippen LogP contribution in [-0.2, 0) is 23.8 Å². The van der Waals surface area contributed by atoms with Crippen LogP contribution in [0.1, 0.15) is 23.2 Å². The molecule has 1 fully saturated rings. The number of halogens is 4. The van der Waals surface area contributed by atoms with Gasteiger partial charge in [0.2, 0.25) is 5.91 Å². The number of alkyl halides is 3. The van der Waals surface area contributed by atoms with Crippen molar-refractivity contribution in [3.8, 4) is 0 Å². The van der Waals surface area contributed by atoms with Crippen LogP contribution in [-0.4, -0.2) is 24.0 Å². The van der Waals surface area contributed by atoms with Crippen molar-refractivity contribution in [1.82, 2.24) is 10.3 Å². The highest BCUT2D eigenvalue weighted by molar-refractivity contribution is 7.13. The van der Waals surface area contributed by atoms with Gasteiger partial charge in [0.15, 0.2) is 10.8 Å². The summed E-state index contributed by atoms with van der Waals surface area (Å²) in [6.45, 7) is 2.10. The van der Waals surface area contributed by atoms with Gasteiger partial charge in [0.05, 0.1) is 6.42 Å². The number of nitrogens with one attached hydrogen (secondary N) is 2. The summed E-state index contributed by atoms with van der Waals surface area (Å²) in [4.78, 5) is 15.4. The van der Waals surface area contributed by atoms with Crippen molar-refractivity contribution in [2.24, 2.45) is 5.92 Å². The van der Waals surface area contributed by atoms with Gasteiger partial charge in [-0.2, -0.15) is 13.2 Å². The zero-order valence-electron chi connectivity index (χ0n) is 13.8. The SMILES string of the molecule is Cl.O=C(Cc1ccc(CC2CCNC2)cc1)Nc1nc(C(F)(F)F)cs1. The lowest BCUT2D eigenvalue weighted by molar-refractivity contribution is -0.140. The van der Waals surface area contributed by atoms with Gasteiger partial charge in [-0.1, -0.05) is 24.3 Å². The number of thiazole rings is 1. The summed E-state index contributed by atoms with van der Waals surface area (Å²) in [5, 5.41) is 6.60. The fourth-order valence-corrected chi connectivity index (χ4v) is 3.56. The summed E-state index contributed by atoms with van der Waals surface area (Å²) in [6, 6.07) is 7.79. The zero-order chi connectivity index (χ0) is 17.9. The van der Waals surface area contributed by atoms with E-state index in [1.807, 2.05) is 24.3 Å². The minimum Gasteiger partial charge on any atom is -0.316 e. The first-order valence-electron chi connectivity index (χ1n) is 8.01. The molecule has 1 atom stereocenters. The fourth-order valence-electron chi connectivity index (χ4n) is 2.83. The Morgan fingerprint density at radius 2 is 1.96 bits per heavy atom. The van der Waals surface area contributed by atoms with Crippen LogP contribution in [0.2, 0.25) is 0 Å². The van der Waals surface area contributed by atoms with Gasteiger partial charge < -0.3 is 10.6 Å². The number of hydrogen-bond donors (Lipinski definition) is 2. The average Bonchev–Trinajstić information content (AvgIpc) is 3.20. The maximum atomic E-state index is 12.5. The molecule has 2 N–H and O–H groups in total. The molecular weight excluding hydrogens is 387 g/mol. The summed E-state index contributed by atoms with van der Waals surface area (Å²) < 4.78 is 37.5. The van der Waals surface area contributed by atoms with Crippen molar-refractivity contribution in [2.75, 3.05) is 18.4 Å². The lowest BCUT2D eigenvalue weighted by atomic mass is 9.97. The third-order valence-electron chi connectivity index (χ3n) is 4.12. The normalized spacial score (nSPS) is 17.0. The van der Waals surface area contributed by atoms with E-state index in [0.29, 0.717) is 5.92 Å². The van der Waals surface area contributed by atoms with Crippen LogP contribution in [0.15, 0.2) is 29.6 Å². The van der Waals surface area contributed by atoms with Crippen LogP contribution in [0.5, 0.6) is 0 Å². The van der Waals surface area contributed by atoms with E-state index in [-0.39, 0.29) is 29.9 Å². The Morgan fingerprint density at radius 1 is 1.27 bits per heavy atom. The molecule has 0 spiro atoms. The molecule has 1 aliphatic heterocycles. The molecule has 4 nitrogen and oxygen atoms in total. The minimum absolute atomic E-state index is 0. The number of rotatable bonds is 5. The van der Waals surface area contributed by atoms with Crippen LogP contribution in [0.4, 0.5) is 18.3 Å². The molecule has 2 heterocycles. The number of carbonyl (C=O) groups is 1. The van der Waals surface area contributed by atoms with Crippen LogP contribution in [0, 0.1) is 5.92 Å². The van der Waals surface area contributed by atoms with Crippen molar-refractivity contribution < 1.29 is 18.0 Å². The number of aromatic nitrogens is 1. The predicted molar refractivity (Wildman–Crippen MR) is 97.8 cm³/mol. The lowest BCUT2D eigenvalue weighted by Gasteiger charge is -2.09. The molecule has 1 amide bonds. The van der Waals surface area contributed by atoms with Gasteiger partial charge in [-0.3, -0.25) is 4.79 Å². The van der Waals surface area contributed by atoms with Gasteiger partial charge in [-0.25, -0.2) is 4.98 Å². The first-order valence-corrected chi connectivity index (χ1v) is 8.89. The smallest absolute Gasteiger partial charge is 0.316 e. The van der Waals surface area contributed by atoms with E-state index in [4.69, 9.17) is 0 Å².